The third kappa shape index (κ3) is 4.21. The summed E-state index contributed by atoms with van der Waals surface area (Å²) in [6, 6.07) is 0. The summed E-state index contributed by atoms with van der Waals surface area (Å²) in [5.74, 6) is -0.629. The Labute approximate surface area is 125 Å². The molecule has 9 heteroatoms. The zero-order valence-corrected chi connectivity index (χ0v) is 12.3. The Hall–Kier alpha value is -1.55. The van der Waals surface area contributed by atoms with Crippen LogP contribution < -0.4 is 11.1 Å². The standard InChI is InChI=1S/C12H18N4O4S/c13-3-10(17)16-1-2-20-7-12(19,6-16)5-14-11(18)9-4-21-8-15-9/h4,8,19H,1-3,5-7,13H2,(H,14,18). The van der Waals surface area contributed by atoms with Crippen LogP contribution in [-0.4, -0.2) is 71.8 Å². The summed E-state index contributed by atoms with van der Waals surface area (Å²) in [6.45, 7) is 0.657. The van der Waals surface area contributed by atoms with E-state index in [1.807, 2.05) is 0 Å². The molecule has 0 spiro atoms. The van der Waals surface area contributed by atoms with E-state index in [2.05, 4.69) is 10.3 Å². The second kappa shape index (κ2) is 6.94. The maximum atomic E-state index is 11.8. The van der Waals surface area contributed by atoms with Crippen molar-refractivity contribution >= 4 is 23.2 Å². The van der Waals surface area contributed by atoms with Crippen LogP contribution >= 0.6 is 11.3 Å². The summed E-state index contributed by atoms with van der Waals surface area (Å²) in [5, 5.41) is 14.7. The number of carbonyl (C=O) groups excluding carboxylic acids is 2. The molecule has 1 aromatic rings. The highest BCUT2D eigenvalue weighted by Gasteiger charge is 2.34. The van der Waals surface area contributed by atoms with E-state index in [9.17, 15) is 14.7 Å². The molecule has 2 heterocycles. The van der Waals surface area contributed by atoms with E-state index in [1.54, 1.807) is 10.9 Å². The predicted molar refractivity (Wildman–Crippen MR) is 75.9 cm³/mol. The summed E-state index contributed by atoms with van der Waals surface area (Å²) in [7, 11) is 0. The van der Waals surface area contributed by atoms with Gasteiger partial charge in [-0.05, 0) is 0 Å². The van der Waals surface area contributed by atoms with Crippen LogP contribution in [0.3, 0.4) is 0 Å². The first-order valence-corrected chi connectivity index (χ1v) is 7.43. The Morgan fingerprint density at radius 1 is 1.62 bits per heavy atom. The minimum Gasteiger partial charge on any atom is -0.384 e. The molecular formula is C12H18N4O4S. The van der Waals surface area contributed by atoms with Crippen molar-refractivity contribution in [2.75, 3.05) is 39.4 Å². The van der Waals surface area contributed by atoms with E-state index >= 15 is 0 Å². The van der Waals surface area contributed by atoms with E-state index in [1.165, 1.54) is 16.2 Å². The molecule has 2 rings (SSSR count). The number of hydrogen-bond donors (Lipinski definition) is 3. The number of amides is 2. The van der Waals surface area contributed by atoms with Crippen molar-refractivity contribution in [2.45, 2.75) is 5.60 Å². The molecule has 0 aliphatic carbocycles. The van der Waals surface area contributed by atoms with Crippen LogP contribution in [0.25, 0.3) is 0 Å². The molecule has 0 radical (unpaired) electrons. The van der Waals surface area contributed by atoms with Crippen LogP contribution in [0.4, 0.5) is 0 Å². The molecule has 2 amide bonds. The quantitative estimate of drug-likeness (QED) is 0.617. The van der Waals surface area contributed by atoms with E-state index in [0.29, 0.717) is 18.8 Å². The molecule has 1 aromatic heterocycles. The molecule has 116 valence electrons. The molecule has 1 fully saturated rings. The highest BCUT2D eigenvalue weighted by molar-refractivity contribution is 7.07. The lowest BCUT2D eigenvalue weighted by molar-refractivity contribution is -0.132. The Morgan fingerprint density at radius 2 is 2.43 bits per heavy atom. The molecule has 1 aliphatic rings. The zero-order chi connectivity index (χ0) is 15.3. The predicted octanol–water partition coefficient (Wildman–Crippen LogP) is -1.58. The number of aromatic nitrogens is 1. The number of nitrogens with one attached hydrogen (secondary N) is 1. The SMILES string of the molecule is NCC(=O)N1CCOCC(O)(CNC(=O)c2cscn2)C1. The maximum absolute atomic E-state index is 11.8. The molecule has 1 aliphatic heterocycles. The fourth-order valence-corrected chi connectivity index (χ4v) is 2.56. The summed E-state index contributed by atoms with van der Waals surface area (Å²) in [6.07, 6.45) is 0. The average molecular weight is 314 g/mol. The summed E-state index contributed by atoms with van der Waals surface area (Å²) in [4.78, 5) is 28.8. The first-order valence-electron chi connectivity index (χ1n) is 6.48. The van der Waals surface area contributed by atoms with Gasteiger partial charge in [0.05, 0.1) is 38.4 Å². The van der Waals surface area contributed by atoms with Crippen molar-refractivity contribution in [2.24, 2.45) is 5.73 Å². The number of carbonyl (C=O) groups is 2. The number of rotatable bonds is 4. The first-order chi connectivity index (χ1) is 10.0. The van der Waals surface area contributed by atoms with Gasteiger partial charge in [-0.15, -0.1) is 11.3 Å². The lowest BCUT2D eigenvalue weighted by atomic mass is 10.0. The van der Waals surface area contributed by atoms with Crippen LogP contribution in [0.5, 0.6) is 0 Å². The highest BCUT2D eigenvalue weighted by atomic mass is 32.1. The zero-order valence-electron chi connectivity index (χ0n) is 11.4. The van der Waals surface area contributed by atoms with Crippen molar-refractivity contribution in [3.8, 4) is 0 Å². The number of nitrogens with zero attached hydrogens (tertiary/aromatic N) is 2. The van der Waals surface area contributed by atoms with Crippen molar-refractivity contribution < 1.29 is 19.4 Å². The van der Waals surface area contributed by atoms with E-state index in [-0.39, 0.29) is 38.1 Å². The lowest BCUT2D eigenvalue weighted by Crippen LogP contribution is -2.54. The molecular weight excluding hydrogens is 296 g/mol. The molecule has 0 bridgehead atoms. The molecule has 8 nitrogen and oxygen atoms in total. The van der Waals surface area contributed by atoms with E-state index in [4.69, 9.17) is 10.5 Å². The van der Waals surface area contributed by atoms with Crippen LogP contribution in [0.1, 0.15) is 10.5 Å². The highest BCUT2D eigenvalue weighted by Crippen LogP contribution is 2.12. The van der Waals surface area contributed by atoms with Gasteiger partial charge in [0.15, 0.2) is 0 Å². The van der Waals surface area contributed by atoms with Crippen LogP contribution in [0, 0.1) is 0 Å². The van der Waals surface area contributed by atoms with Gasteiger partial charge in [-0.25, -0.2) is 4.98 Å². The van der Waals surface area contributed by atoms with E-state index in [0.717, 1.165) is 0 Å². The molecule has 1 atom stereocenters. The monoisotopic (exact) mass is 314 g/mol. The number of thiazole rings is 1. The van der Waals surface area contributed by atoms with E-state index < -0.39 is 5.60 Å². The van der Waals surface area contributed by atoms with Gasteiger partial charge < -0.3 is 25.8 Å². The normalized spacial score (nSPS) is 22.7. The average Bonchev–Trinajstić information content (AvgIpc) is 2.94. The summed E-state index contributed by atoms with van der Waals surface area (Å²) >= 11 is 1.31. The Kier molecular flexibility index (Phi) is 5.23. The van der Waals surface area contributed by atoms with Crippen molar-refractivity contribution in [1.82, 2.24) is 15.2 Å². The molecule has 0 saturated carbocycles. The number of aliphatic hydroxyl groups is 1. The maximum Gasteiger partial charge on any atom is 0.270 e. The van der Waals surface area contributed by atoms with Gasteiger partial charge in [0.1, 0.15) is 11.3 Å². The third-order valence-corrected chi connectivity index (χ3v) is 3.72. The summed E-state index contributed by atoms with van der Waals surface area (Å²) in [5.41, 5.74) is 5.85. The fraction of sp³-hybridized carbons (Fsp3) is 0.583. The second-order valence-corrected chi connectivity index (χ2v) is 5.57. The van der Waals surface area contributed by atoms with Crippen molar-refractivity contribution in [3.05, 3.63) is 16.6 Å². The van der Waals surface area contributed by atoms with Crippen molar-refractivity contribution in [1.29, 1.82) is 0 Å². The third-order valence-electron chi connectivity index (χ3n) is 3.13. The number of nitrogens with two attached hydrogens (primary N) is 1. The lowest BCUT2D eigenvalue weighted by Gasteiger charge is -2.30. The van der Waals surface area contributed by atoms with Gasteiger partial charge in [0.2, 0.25) is 5.91 Å². The Bertz CT molecular complexity index is 495. The number of ether oxygens (including phenoxy) is 1. The largest absolute Gasteiger partial charge is 0.384 e. The molecule has 0 aromatic carbocycles. The van der Waals surface area contributed by atoms with Gasteiger partial charge >= 0.3 is 0 Å². The molecule has 21 heavy (non-hydrogen) atoms. The van der Waals surface area contributed by atoms with Gasteiger partial charge in [0, 0.05) is 11.9 Å². The van der Waals surface area contributed by atoms with Crippen LogP contribution in [0.15, 0.2) is 10.9 Å². The van der Waals surface area contributed by atoms with Crippen molar-refractivity contribution in [3.63, 3.8) is 0 Å². The molecule has 1 saturated heterocycles. The smallest absolute Gasteiger partial charge is 0.270 e. The molecule has 4 N–H and O–H groups in total. The Balaban J connectivity index is 1.95. The van der Waals surface area contributed by atoms with Gasteiger partial charge in [-0.3, -0.25) is 9.59 Å². The van der Waals surface area contributed by atoms with Gasteiger partial charge in [-0.1, -0.05) is 0 Å². The van der Waals surface area contributed by atoms with Crippen LogP contribution in [0.2, 0.25) is 0 Å². The van der Waals surface area contributed by atoms with Crippen LogP contribution in [-0.2, 0) is 9.53 Å². The molecule has 1 unspecified atom stereocenters. The number of β-amino-alcohol motifs (C(OH)–C–C–N with tert-alkyl or cyclic N) is 1. The first kappa shape index (κ1) is 15.8. The fourth-order valence-electron chi connectivity index (χ4n) is 2.03. The topological polar surface area (TPSA) is 118 Å². The number of hydrogen-bond acceptors (Lipinski definition) is 7. The minimum absolute atomic E-state index is 0.0300. The minimum atomic E-state index is -1.34. The second-order valence-electron chi connectivity index (χ2n) is 4.85. The summed E-state index contributed by atoms with van der Waals surface area (Å²) < 4.78 is 5.31. The van der Waals surface area contributed by atoms with Gasteiger partial charge in [0.25, 0.3) is 5.91 Å². The Morgan fingerprint density at radius 3 is 3.10 bits per heavy atom. The van der Waals surface area contributed by atoms with Gasteiger partial charge in [-0.2, -0.15) is 0 Å².